The molecule has 16 heavy (non-hydrogen) atoms. The summed E-state index contributed by atoms with van der Waals surface area (Å²) in [6.45, 7) is 1.64. The molecule has 0 spiro atoms. The highest BCUT2D eigenvalue weighted by Crippen LogP contribution is 2.19. The lowest BCUT2D eigenvalue weighted by atomic mass is 9.98. The van der Waals surface area contributed by atoms with Gasteiger partial charge in [0.05, 0.1) is 5.02 Å². The van der Waals surface area contributed by atoms with Crippen molar-refractivity contribution in [2.75, 3.05) is 19.7 Å². The third kappa shape index (κ3) is 2.39. The molecule has 0 aromatic carbocycles. The number of nitrogens with zero attached hydrogens (tertiary/aromatic N) is 1. The fourth-order valence-electron chi connectivity index (χ4n) is 1.98. The average Bonchev–Trinajstić information content (AvgIpc) is 2.75. The molecule has 5 heteroatoms. The number of H-pyrrole nitrogens is 1. The van der Waals surface area contributed by atoms with Crippen LogP contribution in [0.4, 0.5) is 0 Å². The minimum Gasteiger partial charge on any atom is -0.396 e. The first-order valence-corrected chi connectivity index (χ1v) is 5.82. The molecule has 0 saturated carbocycles. The third-order valence-corrected chi connectivity index (χ3v) is 3.26. The van der Waals surface area contributed by atoms with Crippen LogP contribution in [-0.2, 0) is 0 Å². The number of aromatic amines is 1. The van der Waals surface area contributed by atoms with Crippen LogP contribution in [0.5, 0.6) is 0 Å². The van der Waals surface area contributed by atoms with Crippen molar-refractivity contribution in [2.45, 2.75) is 12.8 Å². The highest BCUT2D eigenvalue weighted by atomic mass is 35.5. The summed E-state index contributed by atoms with van der Waals surface area (Å²) < 4.78 is 0. The lowest BCUT2D eigenvalue weighted by Crippen LogP contribution is -2.39. The van der Waals surface area contributed by atoms with Gasteiger partial charge in [-0.15, -0.1) is 0 Å². The minimum absolute atomic E-state index is 0.0108. The Balaban J connectivity index is 1.96. The van der Waals surface area contributed by atoms with Crippen molar-refractivity contribution in [3.8, 4) is 0 Å². The molecule has 1 amide bonds. The van der Waals surface area contributed by atoms with Crippen LogP contribution in [0.3, 0.4) is 0 Å². The van der Waals surface area contributed by atoms with Crippen LogP contribution < -0.4 is 0 Å². The summed E-state index contributed by atoms with van der Waals surface area (Å²) >= 11 is 5.75. The van der Waals surface area contributed by atoms with E-state index >= 15 is 0 Å². The Morgan fingerprint density at radius 1 is 1.56 bits per heavy atom. The van der Waals surface area contributed by atoms with Gasteiger partial charge in [-0.1, -0.05) is 11.6 Å². The number of carbonyl (C=O) groups excluding carboxylic acids is 1. The first-order chi connectivity index (χ1) is 7.70. The maximum atomic E-state index is 12.0. The lowest BCUT2D eigenvalue weighted by Gasteiger charge is -2.30. The molecule has 0 unspecified atom stereocenters. The van der Waals surface area contributed by atoms with Gasteiger partial charge in [-0.2, -0.15) is 0 Å². The Morgan fingerprint density at radius 2 is 2.25 bits per heavy atom. The molecule has 1 fully saturated rings. The van der Waals surface area contributed by atoms with Gasteiger partial charge in [0, 0.05) is 25.9 Å². The molecule has 0 aliphatic carbocycles. The fraction of sp³-hybridized carbons (Fsp3) is 0.545. The number of nitrogens with one attached hydrogen (secondary N) is 1. The number of likely N-dealkylation sites (tertiary alicyclic amines) is 1. The van der Waals surface area contributed by atoms with E-state index in [1.807, 2.05) is 0 Å². The number of hydrogen-bond donors (Lipinski definition) is 2. The van der Waals surface area contributed by atoms with E-state index in [1.54, 1.807) is 17.2 Å². The number of carbonyl (C=O) groups is 1. The van der Waals surface area contributed by atoms with Gasteiger partial charge in [0.25, 0.3) is 5.91 Å². The first kappa shape index (κ1) is 11.5. The van der Waals surface area contributed by atoms with Crippen molar-refractivity contribution >= 4 is 17.5 Å². The summed E-state index contributed by atoms with van der Waals surface area (Å²) in [6, 6.07) is 1.64. The molecule has 1 saturated heterocycles. The van der Waals surface area contributed by atoms with Crippen molar-refractivity contribution in [3.05, 3.63) is 23.0 Å². The standard InChI is InChI=1S/C11H15ClN2O2/c12-9-5-10(13-6-9)11(16)14-3-1-8(7-15)2-4-14/h5-6,8,13,15H,1-4,7H2. The number of piperidine rings is 1. The summed E-state index contributed by atoms with van der Waals surface area (Å²) in [5.41, 5.74) is 0.535. The zero-order valence-electron chi connectivity index (χ0n) is 8.95. The highest BCUT2D eigenvalue weighted by Gasteiger charge is 2.23. The molecule has 0 bridgehead atoms. The number of rotatable bonds is 2. The van der Waals surface area contributed by atoms with Gasteiger partial charge >= 0.3 is 0 Å². The smallest absolute Gasteiger partial charge is 0.270 e. The van der Waals surface area contributed by atoms with Gasteiger partial charge in [0.2, 0.25) is 0 Å². The van der Waals surface area contributed by atoms with Crippen LogP contribution in [0.15, 0.2) is 12.3 Å². The summed E-state index contributed by atoms with van der Waals surface area (Å²) in [7, 11) is 0. The second-order valence-electron chi connectivity index (χ2n) is 4.15. The van der Waals surface area contributed by atoms with Gasteiger partial charge < -0.3 is 15.0 Å². The van der Waals surface area contributed by atoms with Crippen molar-refractivity contribution in [1.29, 1.82) is 0 Å². The average molecular weight is 243 g/mol. The number of hydrogen-bond acceptors (Lipinski definition) is 2. The lowest BCUT2D eigenvalue weighted by molar-refractivity contribution is 0.0646. The Morgan fingerprint density at radius 3 is 2.75 bits per heavy atom. The fourth-order valence-corrected chi connectivity index (χ4v) is 2.14. The molecule has 1 aromatic rings. The molecule has 2 N–H and O–H groups in total. The van der Waals surface area contributed by atoms with Crippen LogP contribution in [0.25, 0.3) is 0 Å². The van der Waals surface area contributed by atoms with Crippen LogP contribution in [0.1, 0.15) is 23.3 Å². The SMILES string of the molecule is O=C(c1cc(Cl)c[nH]1)N1CCC(CO)CC1. The summed E-state index contributed by atoms with van der Waals surface area (Å²) in [6.07, 6.45) is 3.35. The normalized spacial score (nSPS) is 17.8. The van der Waals surface area contributed by atoms with E-state index in [0.717, 1.165) is 12.8 Å². The molecule has 2 rings (SSSR count). The Hall–Kier alpha value is -1.00. The molecule has 0 radical (unpaired) electrons. The van der Waals surface area contributed by atoms with Crippen LogP contribution in [0.2, 0.25) is 5.02 Å². The number of amides is 1. The number of aliphatic hydroxyl groups excluding tert-OH is 1. The maximum Gasteiger partial charge on any atom is 0.270 e. The first-order valence-electron chi connectivity index (χ1n) is 5.44. The van der Waals surface area contributed by atoms with E-state index in [0.29, 0.717) is 29.7 Å². The molecular weight excluding hydrogens is 228 g/mol. The number of halogens is 1. The number of aromatic nitrogens is 1. The maximum absolute atomic E-state index is 12.0. The Labute approximate surface area is 99.2 Å². The van der Waals surface area contributed by atoms with E-state index < -0.39 is 0 Å². The molecule has 2 heterocycles. The van der Waals surface area contributed by atoms with Gasteiger partial charge in [-0.05, 0) is 24.8 Å². The van der Waals surface area contributed by atoms with E-state index in [4.69, 9.17) is 16.7 Å². The Kier molecular flexibility index (Phi) is 3.51. The van der Waals surface area contributed by atoms with Gasteiger partial charge in [0.15, 0.2) is 0 Å². The quantitative estimate of drug-likeness (QED) is 0.826. The second kappa shape index (κ2) is 4.89. The van der Waals surface area contributed by atoms with Crippen molar-refractivity contribution in [2.24, 2.45) is 5.92 Å². The summed E-state index contributed by atoms with van der Waals surface area (Å²) in [4.78, 5) is 16.6. The second-order valence-corrected chi connectivity index (χ2v) is 4.59. The van der Waals surface area contributed by atoms with E-state index in [2.05, 4.69) is 4.98 Å². The van der Waals surface area contributed by atoms with Crippen LogP contribution in [0, 0.1) is 5.92 Å². The van der Waals surface area contributed by atoms with Gasteiger partial charge in [0.1, 0.15) is 5.69 Å². The molecule has 1 aromatic heterocycles. The highest BCUT2D eigenvalue weighted by molar-refractivity contribution is 6.30. The zero-order valence-corrected chi connectivity index (χ0v) is 9.70. The largest absolute Gasteiger partial charge is 0.396 e. The van der Waals surface area contributed by atoms with E-state index in [-0.39, 0.29) is 12.5 Å². The van der Waals surface area contributed by atoms with Gasteiger partial charge in [-0.25, -0.2) is 0 Å². The third-order valence-electron chi connectivity index (χ3n) is 3.04. The summed E-state index contributed by atoms with van der Waals surface area (Å²) in [5.74, 6) is 0.333. The molecule has 1 aliphatic rings. The van der Waals surface area contributed by atoms with Crippen molar-refractivity contribution in [3.63, 3.8) is 0 Å². The Bertz CT molecular complexity index is 370. The molecular formula is C11H15ClN2O2. The molecule has 1 aliphatic heterocycles. The predicted molar refractivity (Wildman–Crippen MR) is 61.5 cm³/mol. The molecule has 0 atom stereocenters. The topological polar surface area (TPSA) is 56.3 Å². The summed E-state index contributed by atoms with van der Waals surface area (Å²) in [5, 5.41) is 9.56. The van der Waals surface area contributed by atoms with Crippen molar-refractivity contribution < 1.29 is 9.90 Å². The monoisotopic (exact) mass is 242 g/mol. The van der Waals surface area contributed by atoms with E-state index in [9.17, 15) is 4.79 Å². The minimum atomic E-state index is -0.0108. The van der Waals surface area contributed by atoms with Gasteiger partial charge in [-0.3, -0.25) is 4.79 Å². The van der Waals surface area contributed by atoms with E-state index in [1.165, 1.54) is 0 Å². The van der Waals surface area contributed by atoms with Crippen molar-refractivity contribution in [1.82, 2.24) is 9.88 Å². The predicted octanol–water partition coefficient (Wildman–Crippen LogP) is 1.51. The number of aliphatic hydroxyl groups is 1. The van der Waals surface area contributed by atoms with Crippen LogP contribution in [-0.4, -0.2) is 40.6 Å². The molecule has 4 nitrogen and oxygen atoms in total. The van der Waals surface area contributed by atoms with Crippen LogP contribution >= 0.6 is 11.6 Å². The molecule has 88 valence electrons. The zero-order chi connectivity index (χ0) is 11.5.